The van der Waals surface area contributed by atoms with Crippen LogP contribution in [0.1, 0.15) is 58.8 Å². The summed E-state index contributed by atoms with van der Waals surface area (Å²) < 4.78 is 15.1. The third-order valence-electron chi connectivity index (χ3n) is 7.19. The predicted octanol–water partition coefficient (Wildman–Crippen LogP) is 5.23. The van der Waals surface area contributed by atoms with Gasteiger partial charge >= 0.3 is 0 Å². The minimum Gasteiger partial charge on any atom is -0.354 e. The Morgan fingerprint density at radius 3 is 2.66 bits per heavy atom. The molecule has 4 nitrogen and oxygen atoms in total. The van der Waals surface area contributed by atoms with Gasteiger partial charge in [0.05, 0.1) is 10.3 Å². The summed E-state index contributed by atoms with van der Waals surface area (Å²) >= 11 is 1.52. The number of hydrogen-bond acceptors (Lipinski definition) is 3. The summed E-state index contributed by atoms with van der Waals surface area (Å²) in [7, 11) is 1.66. The first kappa shape index (κ1) is 21.1. The molecule has 1 aliphatic heterocycles. The largest absolute Gasteiger partial charge is 0.354 e. The van der Waals surface area contributed by atoms with Crippen LogP contribution in [0, 0.1) is 5.82 Å². The molecule has 0 radical (unpaired) electrons. The molecule has 1 aromatic heterocycles. The lowest BCUT2D eigenvalue weighted by atomic mass is 9.77. The van der Waals surface area contributed by atoms with Gasteiger partial charge in [0.1, 0.15) is 5.82 Å². The molecule has 0 unspecified atom stereocenters. The van der Waals surface area contributed by atoms with E-state index in [9.17, 15) is 14.0 Å². The number of nitrogens with zero attached hydrogens (tertiary/aromatic N) is 1. The van der Waals surface area contributed by atoms with Crippen molar-refractivity contribution in [2.45, 2.75) is 43.4 Å². The van der Waals surface area contributed by atoms with Crippen LogP contribution in [0.3, 0.4) is 0 Å². The maximum absolute atomic E-state index is 14.0. The van der Waals surface area contributed by atoms with Crippen molar-refractivity contribution in [1.29, 1.82) is 0 Å². The van der Waals surface area contributed by atoms with Crippen LogP contribution in [-0.2, 0) is 10.2 Å². The summed E-state index contributed by atoms with van der Waals surface area (Å²) in [6, 6.07) is 14.7. The maximum Gasteiger partial charge on any atom is 0.261 e. The van der Waals surface area contributed by atoms with E-state index >= 15 is 0 Å². The smallest absolute Gasteiger partial charge is 0.261 e. The first-order chi connectivity index (χ1) is 15.5. The number of amides is 2. The highest BCUT2D eigenvalue weighted by molar-refractivity contribution is 7.21. The van der Waals surface area contributed by atoms with Crippen LogP contribution in [0.5, 0.6) is 0 Å². The highest BCUT2D eigenvalue weighted by atomic mass is 32.1. The number of thiophene rings is 1. The van der Waals surface area contributed by atoms with Crippen molar-refractivity contribution in [2.75, 3.05) is 20.1 Å². The first-order valence-electron chi connectivity index (χ1n) is 11.3. The van der Waals surface area contributed by atoms with Crippen LogP contribution >= 0.6 is 11.3 Å². The molecule has 1 saturated heterocycles. The van der Waals surface area contributed by atoms with Gasteiger partial charge in [0, 0.05) is 30.8 Å². The van der Waals surface area contributed by atoms with E-state index in [4.69, 9.17) is 0 Å². The van der Waals surface area contributed by atoms with Crippen LogP contribution in [0.25, 0.3) is 10.1 Å². The number of carbonyl (C=O) groups excluding carboxylic acids is 2. The van der Waals surface area contributed by atoms with Crippen molar-refractivity contribution < 1.29 is 14.0 Å². The van der Waals surface area contributed by atoms with E-state index in [-0.39, 0.29) is 23.5 Å². The van der Waals surface area contributed by atoms with Crippen molar-refractivity contribution in [3.63, 3.8) is 0 Å². The number of carbonyl (C=O) groups is 2. The van der Waals surface area contributed by atoms with Gasteiger partial charge in [-0.1, -0.05) is 43.2 Å². The van der Waals surface area contributed by atoms with Crippen LogP contribution < -0.4 is 5.32 Å². The fourth-order valence-electron chi connectivity index (χ4n) is 5.63. The molecule has 2 heterocycles. The van der Waals surface area contributed by atoms with Gasteiger partial charge in [-0.05, 0) is 54.0 Å². The van der Waals surface area contributed by atoms with Gasteiger partial charge in [0.2, 0.25) is 5.91 Å². The van der Waals surface area contributed by atoms with Crippen LogP contribution in [0.2, 0.25) is 0 Å². The standard InChI is InChI=1S/C26H27FN2O2S/c1-28-24(30)23-22(20-9-2-3-10-21(20)32-23)17-11-14-29(16-17)25(31)26(12-4-5-13-26)18-7-6-8-19(27)15-18/h2-3,6-10,15,17H,4-5,11-14,16H2,1H3,(H,28,30)/t17-/m0/s1. The van der Waals surface area contributed by atoms with E-state index in [1.807, 2.05) is 29.2 Å². The first-order valence-corrected chi connectivity index (χ1v) is 12.1. The SMILES string of the molecule is CNC(=O)c1sc2ccccc2c1[C@H]1CCN(C(=O)C2(c3cccc(F)c3)CCCC2)C1. The average molecular weight is 451 g/mol. The van der Waals surface area contributed by atoms with Crippen LogP contribution in [-0.4, -0.2) is 36.9 Å². The fraction of sp³-hybridized carbons (Fsp3) is 0.385. The van der Waals surface area contributed by atoms with Crippen molar-refractivity contribution in [2.24, 2.45) is 0 Å². The van der Waals surface area contributed by atoms with E-state index < -0.39 is 5.41 Å². The molecule has 32 heavy (non-hydrogen) atoms. The maximum atomic E-state index is 14.0. The molecule has 2 aliphatic rings. The van der Waals surface area contributed by atoms with Gasteiger partial charge in [-0.3, -0.25) is 9.59 Å². The zero-order valence-electron chi connectivity index (χ0n) is 18.2. The number of fused-ring (bicyclic) bond motifs is 1. The molecule has 2 amide bonds. The number of hydrogen-bond donors (Lipinski definition) is 1. The predicted molar refractivity (Wildman–Crippen MR) is 126 cm³/mol. The van der Waals surface area contributed by atoms with Gasteiger partial charge in [-0.25, -0.2) is 4.39 Å². The Bertz CT molecular complexity index is 1180. The summed E-state index contributed by atoms with van der Waals surface area (Å²) in [5.74, 6) is -0.128. The number of likely N-dealkylation sites (tertiary alicyclic amines) is 1. The minimum absolute atomic E-state index is 0.0713. The van der Waals surface area contributed by atoms with Crippen molar-refractivity contribution >= 4 is 33.2 Å². The van der Waals surface area contributed by atoms with E-state index in [1.54, 1.807) is 13.1 Å². The number of benzene rings is 2. The zero-order valence-corrected chi connectivity index (χ0v) is 19.0. The zero-order chi connectivity index (χ0) is 22.3. The van der Waals surface area contributed by atoms with Crippen molar-refractivity contribution in [1.82, 2.24) is 10.2 Å². The van der Waals surface area contributed by atoms with E-state index in [2.05, 4.69) is 11.4 Å². The summed E-state index contributed by atoms with van der Waals surface area (Å²) in [5.41, 5.74) is 1.24. The Balaban J connectivity index is 1.47. The molecule has 5 rings (SSSR count). The van der Waals surface area contributed by atoms with Gasteiger partial charge in [0.25, 0.3) is 5.91 Å². The Morgan fingerprint density at radius 2 is 1.91 bits per heavy atom. The van der Waals surface area contributed by atoms with E-state index in [0.717, 1.165) is 58.2 Å². The minimum atomic E-state index is -0.628. The number of rotatable bonds is 4. The molecule has 0 bridgehead atoms. The molecule has 1 N–H and O–H groups in total. The molecule has 0 spiro atoms. The lowest BCUT2D eigenvalue weighted by Gasteiger charge is -2.33. The number of halogens is 1. The third kappa shape index (κ3) is 3.41. The summed E-state index contributed by atoms with van der Waals surface area (Å²) in [5, 5.41) is 3.88. The monoisotopic (exact) mass is 450 g/mol. The van der Waals surface area contributed by atoms with Crippen LogP contribution in [0.15, 0.2) is 48.5 Å². The Hall–Kier alpha value is -2.73. The Labute approximate surface area is 191 Å². The second-order valence-electron chi connectivity index (χ2n) is 8.96. The van der Waals surface area contributed by atoms with E-state index in [1.165, 1.54) is 23.5 Å². The topological polar surface area (TPSA) is 49.4 Å². The Kier molecular flexibility index (Phi) is 5.49. The van der Waals surface area contributed by atoms with Crippen LogP contribution in [0.4, 0.5) is 4.39 Å². The lowest BCUT2D eigenvalue weighted by molar-refractivity contribution is -0.136. The second-order valence-corrected chi connectivity index (χ2v) is 10.0. The summed E-state index contributed by atoms with van der Waals surface area (Å²) in [6.07, 6.45) is 4.32. The molecule has 166 valence electrons. The Morgan fingerprint density at radius 1 is 1.12 bits per heavy atom. The average Bonchev–Trinajstić information content (AvgIpc) is 3.56. The fourth-order valence-corrected chi connectivity index (χ4v) is 6.86. The van der Waals surface area contributed by atoms with Gasteiger partial charge in [-0.15, -0.1) is 11.3 Å². The quantitative estimate of drug-likeness (QED) is 0.592. The molecule has 1 atom stereocenters. The second kappa shape index (κ2) is 8.32. The normalized spacial score (nSPS) is 20.1. The third-order valence-corrected chi connectivity index (χ3v) is 8.38. The molecule has 1 saturated carbocycles. The van der Waals surface area contributed by atoms with Gasteiger partial charge in [-0.2, -0.15) is 0 Å². The molecular formula is C26H27FN2O2S. The van der Waals surface area contributed by atoms with E-state index in [0.29, 0.717) is 13.1 Å². The molecular weight excluding hydrogens is 423 g/mol. The lowest BCUT2D eigenvalue weighted by Crippen LogP contribution is -2.44. The van der Waals surface area contributed by atoms with Crippen molar-refractivity contribution in [3.8, 4) is 0 Å². The van der Waals surface area contributed by atoms with Gasteiger partial charge in [0.15, 0.2) is 0 Å². The highest BCUT2D eigenvalue weighted by Crippen LogP contribution is 2.45. The summed E-state index contributed by atoms with van der Waals surface area (Å²) in [4.78, 5) is 29.2. The molecule has 2 fully saturated rings. The summed E-state index contributed by atoms with van der Waals surface area (Å²) in [6.45, 7) is 1.26. The molecule has 1 aliphatic carbocycles. The molecule has 2 aromatic carbocycles. The highest BCUT2D eigenvalue weighted by Gasteiger charge is 2.46. The van der Waals surface area contributed by atoms with Gasteiger partial charge < -0.3 is 10.2 Å². The number of nitrogens with one attached hydrogen (secondary N) is 1. The molecule has 6 heteroatoms. The molecule has 3 aromatic rings. The van der Waals surface area contributed by atoms with Crippen molar-refractivity contribution in [3.05, 3.63) is 70.4 Å².